The summed E-state index contributed by atoms with van der Waals surface area (Å²) in [6.07, 6.45) is 3.55. The van der Waals surface area contributed by atoms with Crippen LogP contribution in [0.1, 0.15) is 17.0 Å². The summed E-state index contributed by atoms with van der Waals surface area (Å²) in [7, 11) is 2.00. The molecule has 0 saturated carbocycles. The van der Waals surface area contributed by atoms with Crippen molar-refractivity contribution in [2.45, 2.75) is 12.8 Å². The lowest BCUT2D eigenvalue weighted by molar-refractivity contribution is 0.781. The second-order valence-electron chi connectivity index (χ2n) is 4.74. The molecule has 20 heavy (non-hydrogen) atoms. The topological polar surface area (TPSA) is 54.5 Å². The van der Waals surface area contributed by atoms with E-state index in [9.17, 15) is 0 Å². The van der Waals surface area contributed by atoms with Crippen LogP contribution in [0.3, 0.4) is 0 Å². The Bertz CT molecular complexity index is 778. The van der Waals surface area contributed by atoms with Crippen LogP contribution in [0, 0.1) is 11.3 Å². The Morgan fingerprint density at radius 3 is 2.65 bits per heavy atom. The Hall–Kier alpha value is -2.67. The van der Waals surface area contributed by atoms with Crippen molar-refractivity contribution in [1.29, 1.82) is 5.26 Å². The number of nitrogens with zero attached hydrogens (tertiary/aromatic N) is 4. The Kier molecular flexibility index (Phi) is 3.18. The number of imidazole rings is 1. The fourth-order valence-corrected chi connectivity index (χ4v) is 2.30. The van der Waals surface area contributed by atoms with Crippen molar-refractivity contribution in [1.82, 2.24) is 14.5 Å². The summed E-state index contributed by atoms with van der Waals surface area (Å²) in [6.45, 7) is 0. The Morgan fingerprint density at radius 1 is 1.15 bits per heavy atom. The van der Waals surface area contributed by atoms with Crippen molar-refractivity contribution in [2.75, 3.05) is 0 Å². The predicted octanol–water partition coefficient (Wildman–Crippen LogP) is 2.63. The second-order valence-corrected chi connectivity index (χ2v) is 4.74. The highest BCUT2D eigenvalue weighted by atomic mass is 15.1. The van der Waals surface area contributed by atoms with Gasteiger partial charge in [0.05, 0.1) is 11.6 Å². The average molecular weight is 262 g/mol. The van der Waals surface area contributed by atoms with Crippen LogP contribution in [0.5, 0.6) is 0 Å². The van der Waals surface area contributed by atoms with Gasteiger partial charge >= 0.3 is 0 Å². The molecule has 3 aromatic rings. The molecule has 0 bridgehead atoms. The van der Waals surface area contributed by atoms with E-state index in [0.717, 1.165) is 29.8 Å². The molecule has 98 valence electrons. The van der Waals surface area contributed by atoms with E-state index in [1.165, 1.54) is 5.56 Å². The van der Waals surface area contributed by atoms with Crippen molar-refractivity contribution in [2.24, 2.45) is 7.05 Å². The van der Waals surface area contributed by atoms with Gasteiger partial charge < -0.3 is 4.57 Å². The Labute approximate surface area is 117 Å². The van der Waals surface area contributed by atoms with Gasteiger partial charge in [-0.2, -0.15) is 5.26 Å². The maximum Gasteiger partial charge on any atom is 0.159 e. The molecule has 4 heteroatoms. The van der Waals surface area contributed by atoms with E-state index in [-0.39, 0.29) is 0 Å². The quantitative estimate of drug-likeness (QED) is 0.729. The van der Waals surface area contributed by atoms with Gasteiger partial charge in [-0.25, -0.2) is 9.97 Å². The van der Waals surface area contributed by atoms with Gasteiger partial charge in [-0.15, -0.1) is 0 Å². The van der Waals surface area contributed by atoms with Crippen LogP contribution < -0.4 is 0 Å². The molecule has 2 aromatic heterocycles. The molecule has 0 spiro atoms. The van der Waals surface area contributed by atoms with Crippen molar-refractivity contribution in [3.05, 3.63) is 59.5 Å². The zero-order valence-electron chi connectivity index (χ0n) is 11.2. The highest BCUT2D eigenvalue weighted by Crippen LogP contribution is 2.14. The number of hydrogen-bond donors (Lipinski definition) is 0. The molecule has 0 unspecified atom stereocenters. The number of benzene rings is 1. The van der Waals surface area contributed by atoms with Crippen LogP contribution in [-0.2, 0) is 19.9 Å². The lowest BCUT2D eigenvalue weighted by atomic mass is 10.1. The first-order valence-electron chi connectivity index (χ1n) is 6.53. The summed E-state index contributed by atoms with van der Waals surface area (Å²) in [5.41, 5.74) is 3.76. The summed E-state index contributed by atoms with van der Waals surface area (Å²) in [4.78, 5) is 8.95. The van der Waals surface area contributed by atoms with E-state index in [0.29, 0.717) is 5.56 Å². The van der Waals surface area contributed by atoms with E-state index < -0.39 is 0 Å². The first kappa shape index (κ1) is 12.4. The molecular formula is C16H14N4. The summed E-state index contributed by atoms with van der Waals surface area (Å²) in [5, 5.41) is 8.78. The van der Waals surface area contributed by atoms with Crippen molar-refractivity contribution in [3.8, 4) is 6.07 Å². The molecule has 0 aliphatic rings. The fraction of sp³-hybridized carbons (Fsp3) is 0.188. The van der Waals surface area contributed by atoms with E-state index in [4.69, 9.17) is 5.26 Å². The lowest BCUT2D eigenvalue weighted by Gasteiger charge is -2.02. The summed E-state index contributed by atoms with van der Waals surface area (Å²) in [5.74, 6) is 1.03. The zero-order chi connectivity index (χ0) is 13.9. The maximum absolute atomic E-state index is 8.78. The molecule has 4 nitrogen and oxygen atoms in total. The Balaban J connectivity index is 1.79. The maximum atomic E-state index is 8.78. The minimum absolute atomic E-state index is 0.695. The van der Waals surface area contributed by atoms with Gasteiger partial charge in [0.15, 0.2) is 5.65 Å². The average Bonchev–Trinajstić information content (AvgIpc) is 2.83. The van der Waals surface area contributed by atoms with Gasteiger partial charge in [0.25, 0.3) is 0 Å². The third kappa shape index (κ3) is 2.26. The molecule has 0 radical (unpaired) electrons. The molecule has 0 aliphatic carbocycles. The summed E-state index contributed by atoms with van der Waals surface area (Å²) in [6, 6.07) is 13.7. The number of nitriles is 1. The lowest BCUT2D eigenvalue weighted by Crippen LogP contribution is -2.01. The molecule has 1 aromatic carbocycles. The van der Waals surface area contributed by atoms with Crippen molar-refractivity contribution >= 4 is 11.2 Å². The number of pyridine rings is 1. The van der Waals surface area contributed by atoms with Gasteiger partial charge in [-0.3, -0.25) is 0 Å². The van der Waals surface area contributed by atoms with Crippen LogP contribution >= 0.6 is 0 Å². The van der Waals surface area contributed by atoms with E-state index in [1.807, 2.05) is 48.0 Å². The number of aryl methyl sites for hydroxylation is 3. The van der Waals surface area contributed by atoms with E-state index in [2.05, 4.69) is 16.0 Å². The molecule has 0 N–H and O–H groups in total. The molecule has 0 saturated heterocycles. The number of aromatic nitrogens is 3. The highest BCUT2D eigenvalue weighted by Gasteiger charge is 2.08. The predicted molar refractivity (Wildman–Crippen MR) is 77.1 cm³/mol. The van der Waals surface area contributed by atoms with Gasteiger partial charge in [0.2, 0.25) is 0 Å². The van der Waals surface area contributed by atoms with Crippen LogP contribution in [0.15, 0.2) is 42.6 Å². The largest absolute Gasteiger partial charge is 0.316 e. The van der Waals surface area contributed by atoms with Crippen LogP contribution in [-0.4, -0.2) is 14.5 Å². The van der Waals surface area contributed by atoms with Gasteiger partial charge in [0.1, 0.15) is 11.3 Å². The summed E-state index contributed by atoms with van der Waals surface area (Å²) < 4.78 is 2.04. The second kappa shape index (κ2) is 5.14. The molecule has 2 heterocycles. The molecule has 0 amide bonds. The molecule has 3 rings (SSSR count). The normalized spacial score (nSPS) is 10.6. The third-order valence-corrected chi connectivity index (χ3v) is 3.44. The van der Waals surface area contributed by atoms with E-state index >= 15 is 0 Å². The SMILES string of the molecule is Cn1c(CCc2ccc(C#N)cc2)nc2cccnc21. The highest BCUT2D eigenvalue weighted by molar-refractivity contribution is 5.70. The third-order valence-electron chi connectivity index (χ3n) is 3.44. The molecule has 0 atom stereocenters. The van der Waals surface area contributed by atoms with Gasteiger partial charge in [-0.05, 0) is 36.2 Å². The number of fused-ring (bicyclic) bond motifs is 1. The number of hydrogen-bond acceptors (Lipinski definition) is 3. The standard InChI is InChI=1S/C16H14N4/c1-20-15(19-14-3-2-10-18-16(14)20)9-8-12-4-6-13(11-17)7-5-12/h2-7,10H,8-9H2,1H3. The first-order chi connectivity index (χ1) is 9.78. The van der Waals surface area contributed by atoms with Crippen molar-refractivity contribution in [3.63, 3.8) is 0 Å². The van der Waals surface area contributed by atoms with Crippen LogP contribution in [0.25, 0.3) is 11.2 Å². The molecule has 0 aliphatic heterocycles. The minimum Gasteiger partial charge on any atom is -0.316 e. The van der Waals surface area contributed by atoms with Gasteiger partial charge in [-0.1, -0.05) is 12.1 Å². The zero-order valence-corrected chi connectivity index (χ0v) is 11.2. The minimum atomic E-state index is 0.695. The monoisotopic (exact) mass is 262 g/mol. The Morgan fingerprint density at radius 2 is 1.95 bits per heavy atom. The molecular weight excluding hydrogens is 248 g/mol. The number of rotatable bonds is 3. The van der Waals surface area contributed by atoms with E-state index in [1.54, 1.807) is 6.20 Å². The van der Waals surface area contributed by atoms with Crippen molar-refractivity contribution < 1.29 is 0 Å². The summed E-state index contributed by atoms with van der Waals surface area (Å²) >= 11 is 0. The molecule has 0 fully saturated rings. The fourth-order valence-electron chi connectivity index (χ4n) is 2.30. The first-order valence-corrected chi connectivity index (χ1v) is 6.53. The smallest absolute Gasteiger partial charge is 0.159 e. The van der Waals surface area contributed by atoms with Gasteiger partial charge in [0, 0.05) is 19.7 Å². The van der Waals surface area contributed by atoms with Crippen LogP contribution in [0.4, 0.5) is 0 Å². The van der Waals surface area contributed by atoms with Crippen LogP contribution in [0.2, 0.25) is 0 Å².